The number of hydrogen-bond donors (Lipinski definition) is 1. The monoisotopic (exact) mass is 368 g/mol. The number of sulfone groups is 1. The van der Waals surface area contributed by atoms with Gasteiger partial charge >= 0.3 is 0 Å². The van der Waals surface area contributed by atoms with Crippen LogP contribution in [0.25, 0.3) is 11.3 Å². The summed E-state index contributed by atoms with van der Waals surface area (Å²) in [6, 6.07) is 7.61. The van der Waals surface area contributed by atoms with E-state index in [0.29, 0.717) is 17.0 Å². The molecule has 0 unspecified atom stereocenters. The maximum absolute atomic E-state index is 12.3. The lowest BCUT2D eigenvalue weighted by Crippen LogP contribution is -2.12. The number of hydrogen-bond acceptors (Lipinski definition) is 4. The standard InChI is InChI=1S/C16H20N2O2S3/c1-4-5-9-18-15(21)14(23(3,19)20)13(17-16(18)22)12-8-6-7-11(2)10-12/h6-8,10H,4-5,9H2,1-3H3,(H,17,22). The highest BCUT2D eigenvalue weighted by molar-refractivity contribution is 7.91. The van der Waals surface area contributed by atoms with Crippen LogP contribution < -0.4 is 0 Å². The predicted molar refractivity (Wildman–Crippen MR) is 98.6 cm³/mol. The molecule has 0 aliphatic rings. The normalized spacial score (nSPS) is 11.6. The van der Waals surface area contributed by atoms with Crippen LogP contribution in [0.15, 0.2) is 29.2 Å². The summed E-state index contributed by atoms with van der Waals surface area (Å²) in [5.74, 6) is 0. The van der Waals surface area contributed by atoms with E-state index >= 15 is 0 Å². The molecule has 0 aliphatic heterocycles. The summed E-state index contributed by atoms with van der Waals surface area (Å²) in [5, 5.41) is 0. The van der Waals surface area contributed by atoms with Crippen LogP contribution in [0, 0.1) is 16.3 Å². The van der Waals surface area contributed by atoms with Crippen molar-refractivity contribution in [3.05, 3.63) is 39.2 Å². The molecule has 23 heavy (non-hydrogen) atoms. The summed E-state index contributed by atoms with van der Waals surface area (Å²) < 4.78 is 27.1. The SMILES string of the molecule is CCCCn1c(=S)[nH]c(-c2cccc(C)c2)c(S(C)(=O)=O)c1=S. The van der Waals surface area contributed by atoms with Gasteiger partial charge in [-0.2, -0.15) is 0 Å². The van der Waals surface area contributed by atoms with Crippen LogP contribution in [0.4, 0.5) is 0 Å². The summed E-state index contributed by atoms with van der Waals surface area (Å²) in [6.07, 6.45) is 3.04. The molecule has 1 heterocycles. The first-order valence-electron chi connectivity index (χ1n) is 7.40. The fourth-order valence-corrected chi connectivity index (χ4v) is 4.47. The average molecular weight is 369 g/mol. The average Bonchev–Trinajstić information content (AvgIpc) is 2.45. The molecule has 0 saturated carbocycles. The molecule has 0 amide bonds. The zero-order chi connectivity index (χ0) is 17.2. The Hall–Kier alpha value is -1.31. The lowest BCUT2D eigenvalue weighted by atomic mass is 10.1. The van der Waals surface area contributed by atoms with Crippen LogP contribution in [0.1, 0.15) is 25.3 Å². The second kappa shape index (κ2) is 7.07. The number of H-pyrrole nitrogens is 1. The van der Waals surface area contributed by atoms with Crippen molar-refractivity contribution < 1.29 is 8.42 Å². The van der Waals surface area contributed by atoms with E-state index in [0.717, 1.165) is 24.0 Å². The molecule has 2 rings (SSSR count). The Morgan fingerprint density at radius 1 is 1.26 bits per heavy atom. The molecule has 124 valence electrons. The molecule has 0 fully saturated rings. The first kappa shape index (κ1) is 18.0. The summed E-state index contributed by atoms with van der Waals surface area (Å²) in [7, 11) is -3.49. The summed E-state index contributed by atoms with van der Waals surface area (Å²) in [4.78, 5) is 3.22. The van der Waals surface area contributed by atoms with Gasteiger partial charge in [0.25, 0.3) is 0 Å². The van der Waals surface area contributed by atoms with Crippen LogP contribution in [0.2, 0.25) is 0 Å². The van der Waals surface area contributed by atoms with E-state index in [1.165, 1.54) is 6.26 Å². The third-order valence-electron chi connectivity index (χ3n) is 3.56. The first-order valence-corrected chi connectivity index (χ1v) is 10.1. The number of nitrogens with zero attached hydrogens (tertiary/aromatic N) is 1. The molecule has 0 radical (unpaired) electrons. The molecule has 4 nitrogen and oxygen atoms in total. The molecular weight excluding hydrogens is 348 g/mol. The molecule has 1 N–H and O–H groups in total. The van der Waals surface area contributed by atoms with Crippen LogP contribution in [-0.2, 0) is 16.4 Å². The van der Waals surface area contributed by atoms with Gasteiger partial charge < -0.3 is 9.55 Å². The Morgan fingerprint density at radius 3 is 2.52 bits per heavy atom. The van der Waals surface area contributed by atoms with Gasteiger partial charge in [0.1, 0.15) is 9.54 Å². The molecule has 0 atom stereocenters. The zero-order valence-corrected chi connectivity index (χ0v) is 15.9. The van der Waals surface area contributed by atoms with Crippen molar-refractivity contribution in [1.29, 1.82) is 0 Å². The first-order chi connectivity index (χ1) is 10.8. The largest absolute Gasteiger partial charge is 0.331 e. The Bertz CT molecular complexity index is 941. The third kappa shape index (κ3) is 3.97. The Labute approximate surface area is 147 Å². The van der Waals surface area contributed by atoms with E-state index in [4.69, 9.17) is 24.4 Å². The van der Waals surface area contributed by atoms with Crippen molar-refractivity contribution in [2.75, 3.05) is 6.26 Å². The Kier molecular flexibility index (Phi) is 5.54. The molecule has 0 saturated heterocycles. The second-order valence-electron chi connectivity index (χ2n) is 5.59. The molecule has 7 heteroatoms. The van der Waals surface area contributed by atoms with Gasteiger partial charge in [-0.25, -0.2) is 8.42 Å². The van der Waals surface area contributed by atoms with Crippen LogP contribution in [0.5, 0.6) is 0 Å². The van der Waals surface area contributed by atoms with Gasteiger partial charge in [-0.3, -0.25) is 0 Å². The number of aromatic amines is 1. The van der Waals surface area contributed by atoms with E-state index in [2.05, 4.69) is 11.9 Å². The number of aryl methyl sites for hydroxylation is 1. The molecule has 0 spiro atoms. The Balaban J connectivity index is 2.83. The maximum atomic E-state index is 12.3. The van der Waals surface area contributed by atoms with Gasteiger partial charge in [-0.15, -0.1) is 0 Å². The van der Waals surface area contributed by atoms with Gasteiger partial charge in [0, 0.05) is 12.8 Å². The zero-order valence-electron chi connectivity index (χ0n) is 13.4. The van der Waals surface area contributed by atoms with E-state index < -0.39 is 9.84 Å². The maximum Gasteiger partial charge on any atom is 0.180 e. The fraction of sp³-hybridized carbons (Fsp3) is 0.375. The van der Waals surface area contributed by atoms with Crippen LogP contribution in [0.3, 0.4) is 0 Å². The van der Waals surface area contributed by atoms with Crippen LogP contribution in [-0.4, -0.2) is 24.2 Å². The lowest BCUT2D eigenvalue weighted by molar-refractivity contribution is 0.582. The minimum absolute atomic E-state index is 0.141. The minimum Gasteiger partial charge on any atom is -0.331 e. The van der Waals surface area contributed by atoms with E-state index in [-0.39, 0.29) is 9.54 Å². The molecule has 1 aromatic heterocycles. The molecule has 0 bridgehead atoms. The summed E-state index contributed by atoms with van der Waals surface area (Å²) in [6.45, 7) is 4.63. The number of nitrogens with one attached hydrogen (secondary N) is 1. The van der Waals surface area contributed by atoms with E-state index in [1.807, 2.05) is 31.2 Å². The topological polar surface area (TPSA) is 54.9 Å². The number of benzene rings is 1. The van der Waals surface area contributed by atoms with Crippen molar-refractivity contribution in [3.8, 4) is 11.3 Å². The van der Waals surface area contributed by atoms with Crippen molar-refractivity contribution in [3.63, 3.8) is 0 Å². The van der Waals surface area contributed by atoms with E-state index in [9.17, 15) is 8.42 Å². The van der Waals surface area contributed by atoms with Gasteiger partial charge in [0.2, 0.25) is 0 Å². The van der Waals surface area contributed by atoms with Crippen LogP contribution >= 0.6 is 24.4 Å². The smallest absolute Gasteiger partial charge is 0.180 e. The molecule has 1 aromatic carbocycles. The quantitative estimate of drug-likeness (QED) is 0.792. The fourth-order valence-electron chi connectivity index (χ4n) is 2.42. The highest BCUT2D eigenvalue weighted by atomic mass is 32.2. The van der Waals surface area contributed by atoms with E-state index in [1.54, 1.807) is 4.57 Å². The Morgan fingerprint density at radius 2 is 1.96 bits per heavy atom. The highest BCUT2D eigenvalue weighted by Crippen LogP contribution is 2.27. The predicted octanol–water partition coefficient (Wildman–Crippen LogP) is 4.45. The number of unbranched alkanes of at least 4 members (excludes halogenated alkanes) is 1. The minimum atomic E-state index is -3.49. The van der Waals surface area contributed by atoms with Gasteiger partial charge in [-0.1, -0.05) is 49.3 Å². The van der Waals surface area contributed by atoms with Gasteiger partial charge in [0.15, 0.2) is 14.6 Å². The second-order valence-corrected chi connectivity index (χ2v) is 8.31. The molecule has 0 aliphatic carbocycles. The van der Waals surface area contributed by atoms with Crippen molar-refractivity contribution in [2.24, 2.45) is 0 Å². The van der Waals surface area contributed by atoms with Crippen molar-refractivity contribution in [1.82, 2.24) is 9.55 Å². The van der Waals surface area contributed by atoms with Gasteiger partial charge in [-0.05, 0) is 37.2 Å². The lowest BCUT2D eigenvalue weighted by Gasteiger charge is -2.14. The third-order valence-corrected chi connectivity index (χ3v) is 5.57. The molecule has 2 aromatic rings. The summed E-state index contributed by atoms with van der Waals surface area (Å²) in [5.41, 5.74) is 2.28. The van der Waals surface area contributed by atoms with Gasteiger partial charge in [0.05, 0.1) is 5.69 Å². The number of rotatable bonds is 5. The van der Waals surface area contributed by atoms with Crippen molar-refractivity contribution >= 4 is 34.3 Å². The molecular formula is C16H20N2O2S3. The highest BCUT2D eigenvalue weighted by Gasteiger charge is 2.20. The summed E-state index contributed by atoms with van der Waals surface area (Å²) >= 11 is 10.9. The van der Waals surface area contributed by atoms with Crippen molar-refractivity contribution in [2.45, 2.75) is 38.1 Å². The number of aromatic nitrogens is 2.